The van der Waals surface area contributed by atoms with Gasteiger partial charge < -0.3 is 0 Å². The van der Waals surface area contributed by atoms with Gasteiger partial charge in [0.2, 0.25) is 0 Å². The number of hydrogen-bond donors (Lipinski definition) is 0. The molecule has 0 fully saturated rings. The zero-order chi connectivity index (χ0) is 12.0. The van der Waals surface area contributed by atoms with Crippen molar-refractivity contribution in [1.29, 1.82) is 0 Å². The van der Waals surface area contributed by atoms with E-state index in [9.17, 15) is 0 Å². The molecule has 0 saturated carbocycles. The van der Waals surface area contributed by atoms with Crippen LogP contribution in [0.4, 0.5) is 0 Å². The van der Waals surface area contributed by atoms with Crippen molar-refractivity contribution in [2.24, 2.45) is 5.92 Å². The van der Waals surface area contributed by atoms with E-state index in [0.717, 1.165) is 0 Å². The highest BCUT2D eigenvalue weighted by molar-refractivity contribution is 5.64. The van der Waals surface area contributed by atoms with Gasteiger partial charge in [-0.1, -0.05) is 62.1 Å². The maximum absolute atomic E-state index is 3.84. The SMILES string of the molecule is C=C/C(=C\C)C(C)/C=C(\C)c1ccccc1. The topological polar surface area (TPSA) is 0 Å². The first kappa shape index (κ1) is 12.5. The fraction of sp³-hybridized carbons (Fsp3) is 0.250. The first-order valence-electron chi connectivity index (χ1n) is 5.71. The minimum Gasteiger partial charge on any atom is -0.0988 e. The molecular formula is C16H20. The van der Waals surface area contributed by atoms with Crippen LogP contribution in [0.25, 0.3) is 5.57 Å². The summed E-state index contributed by atoms with van der Waals surface area (Å²) >= 11 is 0. The summed E-state index contributed by atoms with van der Waals surface area (Å²) in [5.41, 5.74) is 3.87. The normalized spacial score (nSPS) is 14.7. The Hall–Kier alpha value is -1.56. The lowest BCUT2D eigenvalue weighted by Crippen LogP contribution is -1.93. The maximum Gasteiger partial charge on any atom is -0.000799 e. The minimum atomic E-state index is 0.419. The second-order valence-electron chi connectivity index (χ2n) is 4.00. The number of allylic oxidation sites excluding steroid dienone is 5. The lowest BCUT2D eigenvalue weighted by molar-refractivity contribution is 0.890. The average Bonchev–Trinajstić information content (AvgIpc) is 2.31. The summed E-state index contributed by atoms with van der Waals surface area (Å²) in [4.78, 5) is 0. The van der Waals surface area contributed by atoms with Crippen molar-refractivity contribution in [2.45, 2.75) is 20.8 Å². The predicted octanol–water partition coefficient (Wildman–Crippen LogP) is 4.86. The van der Waals surface area contributed by atoms with Gasteiger partial charge in [-0.25, -0.2) is 0 Å². The van der Waals surface area contributed by atoms with E-state index >= 15 is 0 Å². The van der Waals surface area contributed by atoms with Crippen LogP contribution < -0.4 is 0 Å². The Morgan fingerprint density at radius 3 is 2.38 bits per heavy atom. The van der Waals surface area contributed by atoms with Crippen molar-refractivity contribution in [3.63, 3.8) is 0 Å². The van der Waals surface area contributed by atoms with Crippen LogP contribution in [0.2, 0.25) is 0 Å². The maximum atomic E-state index is 3.84. The Labute approximate surface area is 99.0 Å². The Morgan fingerprint density at radius 1 is 1.25 bits per heavy atom. The summed E-state index contributed by atoms with van der Waals surface area (Å²) in [6, 6.07) is 10.5. The monoisotopic (exact) mass is 212 g/mol. The number of rotatable bonds is 4. The quantitative estimate of drug-likeness (QED) is 0.625. The van der Waals surface area contributed by atoms with Crippen molar-refractivity contribution >= 4 is 5.57 Å². The fourth-order valence-electron chi connectivity index (χ4n) is 1.84. The van der Waals surface area contributed by atoms with Gasteiger partial charge in [-0.15, -0.1) is 0 Å². The lowest BCUT2D eigenvalue weighted by Gasteiger charge is -2.09. The molecule has 0 radical (unpaired) electrons. The molecule has 0 N–H and O–H groups in total. The number of hydrogen-bond acceptors (Lipinski definition) is 0. The molecular weight excluding hydrogens is 192 g/mol. The van der Waals surface area contributed by atoms with E-state index < -0.39 is 0 Å². The van der Waals surface area contributed by atoms with E-state index in [1.165, 1.54) is 16.7 Å². The second-order valence-corrected chi connectivity index (χ2v) is 4.00. The van der Waals surface area contributed by atoms with Gasteiger partial charge in [0.25, 0.3) is 0 Å². The molecule has 16 heavy (non-hydrogen) atoms. The summed E-state index contributed by atoms with van der Waals surface area (Å²) < 4.78 is 0. The van der Waals surface area contributed by atoms with Crippen LogP contribution in [-0.2, 0) is 0 Å². The highest BCUT2D eigenvalue weighted by Crippen LogP contribution is 2.20. The second kappa shape index (κ2) is 6.12. The van der Waals surface area contributed by atoms with Gasteiger partial charge in [0.15, 0.2) is 0 Å². The summed E-state index contributed by atoms with van der Waals surface area (Å²) in [5, 5.41) is 0. The van der Waals surface area contributed by atoms with Crippen LogP contribution in [0, 0.1) is 5.92 Å². The molecule has 0 heteroatoms. The van der Waals surface area contributed by atoms with Crippen molar-refractivity contribution < 1.29 is 0 Å². The largest absolute Gasteiger partial charge is 0.0988 e. The third kappa shape index (κ3) is 3.23. The molecule has 84 valence electrons. The third-order valence-electron chi connectivity index (χ3n) is 2.82. The van der Waals surface area contributed by atoms with E-state index in [2.05, 4.69) is 63.8 Å². The molecule has 1 rings (SSSR count). The van der Waals surface area contributed by atoms with Crippen LogP contribution in [0.5, 0.6) is 0 Å². The zero-order valence-corrected chi connectivity index (χ0v) is 10.4. The van der Waals surface area contributed by atoms with Crippen LogP contribution in [-0.4, -0.2) is 0 Å². The molecule has 0 aromatic heterocycles. The zero-order valence-electron chi connectivity index (χ0n) is 10.4. The van der Waals surface area contributed by atoms with Crippen molar-refractivity contribution in [3.8, 4) is 0 Å². The molecule has 0 aliphatic rings. The molecule has 1 atom stereocenters. The highest BCUT2D eigenvalue weighted by atomic mass is 14.1. The molecule has 0 aliphatic carbocycles. The van der Waals surface area contributed by atoms with E-state index in [1.807, 2.05) is 12.1 Å². The molecule has 0 saturated heterocycles. The Bertz CT molecular complexity index is 393. The van der Waals surface area contributed by atoms with Gasteiger partial charge in [-0.2, -0.15) is 0 Å². The minimum absolute atomic E-state index is 0.419. The van der Waals surface area contributed by atoms with Gasteiger partial charge in [-0.05, 0) is 36.5 Å². The predicted molar refractivity (Wildman–Crippen MR) is 73.2 cm³/mol. The van der Waals surface area contributed by atoms with E-state index in [0.29, 0.717) is 5.92 Å². The standard InChI is InChI=1S/C16H20/c1-5-15(6-2)13(3)12-14(4)16-10-8-7-9-11-16/h5-13H,1H2,2-4H3/b14-12+,15-6+. The Balaban J connectivity index is 2.89. The summed E-state index contributed by atoms with van der Waals surface area (Å²) in [6.45, 7) is 10.2. The van der Waals surface area contributed by atoms with Gasteiger partial charge >= 0.3 is 0 Å². The Kier molecular flexibility index (Phi) is 4.78. The molecule has 0 nitrogen and oxygen atoms in total. The lowest BCUT2D eigenvalue weighted by atomic mass is 9.96. The third-order valence-corrected chi connectivity index (χ3v) is 2.82. The molecule has 1 unspecified atom stereocenters. The van der Waals surface area contributed by atoms with Crippen molar-refractivity contribution in [3.05, 3.63) is 66.3 Å². The molecule has 1 aromatic rings. The van der Waals surface area contributed by atoms with Gasteiger partial charge in [0, 0.05) is 0 Å². The van der Waals surface area contributed by atoms with E-state index in [1.54, 1.807) is 0 Å². The van der Waals surface area contributed by atoms with Gasteiger partial charge in [0.05, 0.1) is 0 Å². The smallest absolute Gasteiger partial charge is 0.000799 e. The van der Waals surface area contributed by atoms with Gasteiger partial charge in [0.1, 0.15) is 0 Å². The van der Waals surface area contributed by atoms with E-state index in [-0.39, 0.29) is 0 Å². The molecule has 0 bridgehead atoms. The van der Waals surface area contributed by atoms with Crippen molar-refractivity contribution in [1.82, 2.24) is 0 Å². The first-order chi connectivity index (χ1) is 7.69. The molecule has 0 aliphatic heterocycles. The molecule has 0 heterocycles. The molecule has 1 aromatic carbocycles. The van der Waals surface area contributed by atoms with Crippen molar-refractivity contribution in [2.75, 3.05) is 0 Å². The van der Waals surface area contributed by atoms with Crippen LogP contribution in [0.1, 0.15) is 26.3 Å². The molecule has 0 spiro atoms. The van der Waals surface area contributed by atoms with Crippen LogP contribution in [0.15, 0.2) is 60.7 Å². The summed E-state index contributed by atoms with van der Waals surface area (Å²) in [6.07, 6.45) is 6.33. The Morgan fingerprint density at radius 2 is 1.88 bits per heavy atom. The van der Waals surface area contributed by atoms with Crippen LogP contribution >= 0.6 is 0 Å². The highest BCUT2D eigenvalue weighted by Gasteiger charge is 2.02. The first-order valence-corrected chi connectivity index (χ1v) is 5.71. The fourth-order valence-corrected chi connectivity index (χ4v) is 1.84. The van der Waals surface area contributed by atoms with Crippen LogP contribution in [0.3, 0.4) is 0 Å². The average molecular weight is 212 g/mol. The number of benzene rings is 1. The van der Waals surface area contributed by atoms with E-state index in [4.69, 9.17) is 0 Å². The summed E-state index contributed by atoms with van der Waals surface area (Å²) in [5.74, 6) is 0.419. The van der Waals surface area contributed by atoms with Gasteiger partial charge in [-0.3, -0.25) is 0 Å². The summed E-state index contributed by atoms with van der Waals surface area (Å²) in [7, 11) is 0. The molecule has 0 amide bonds.